The highest BCUT2D eigenvalue weighted by Crippen LogP contribution is 2.37. The lowest BCUT2D eigenvalue weighted by molar-refractivity contribution is 0.312. The smallest absolute Gasteiger partial charge is 0.138 e. The fourth-order valence-corrected chi connectivity index (χ4v) is 5.22. The molecule has 0 bridgehead atoms. The van der Waals surface area contributed by atoms with Gasteiger partial charge < -0.3 is 20.1 Å². The molecule has 37 heavy (non-hydrogen) atoms. The van der Waals surface area contributed by atoms with Crippen molar-refractivity contribution in [3.8, 4) is 22.5 Å². The van der Waals surface area contributed by atoms with Gasteiger partial charge in [0.15, 0.2) is 0 Å². The van der Waals surface area contributed by atoms with Crippen molar-refractivity contribution in [1.29, 1.82) is 0 Å². The third-order valence-corrected chi connectivity index (χ3v) is 7.59. The van der Waals surface area contributed by atoms with Crippen LogP contribution in [0, 0.1) is 5.92 Å². The van der Waals surface area contributed by atoms with Crippen LogP contribution in [0.1, 0.15) is 12.8 Å². The first-order chi connectivity index (χ1) is 18.1. The van der Waals surface area contributed by atoms with E-state index in [1.807, 2.05) is 24.7 Å². The van der Waals surface area contributed by atoms with Crippen LogP contribution < -0.4 is 10.2 Å². The molecule has 1 aliphatic carbocycles. The summed E-state index contributed by atoms with van der Waals surface area (Å²) in [6.45, 7) is 8.23. The molecule has 5 aromatic rings. The largest absolute Gasteiger partial charge is 0.358 e. The molecule has 1 aliphatic heterocycles. The van der Waals surface area contributed by atoms with Gasteiger partial charge in [0, 0.05) is 60.6 Å². The molecule has 0 unspecified atom stereocenters. The van der Waals surface area contributed by atoms with Crippen molar-refractivity contribution < 1.29 is 0 Å². The summed E-state index contributed by atoms with van der Waals surface area (Å²) in [5.41, 5.74) is 8.17. The molecule has 3 N–H and O–H groups in total. The Morgan fingerprint density at radius 2 is 1.84 bits per heavy atom. The van der Waals surface area contributed by atoms with E-state index in [9.17, 15) is 0 Å². The number of nitrogens with one attached hydrogen (secondary N) is 3. The van der Waals surface area contributed by atoms with Crippen LogP contribution in [0.15, 0.2) is 67.3 Å². The van der Waals surface area contributed by atoms with Gasteiger partial charge in [0.2, 0.25) is 0 Å². The zero-order chi connectivity index (χ0) is 24.9. The lowest BCUT2D eigenvalue weighted by Gasteiger charge is -2.33. The number of H-pyrrole nitrogens is 2. The molecule has 8 nitrogen and oxygen atoms in total. The van der Waals surface area contributed by atoms with Gasteiger partial charge in [-0.25, -0.2) is 4.98 Å². The number of fused-ring (bicyclic) bond motifs is 2. The van der Waals surface area contributed by atoms with Crippen molar-refractivity contribution >= 4 is 33.3 Å². The minimum atomic E-state index is 0.594. The number of nitrogens with zero attached hydrogens (tertiary/aromatic N) is 5. The van der Waals surface area contributed by atoms with Crippen LogP contribution in [0.2, 0.25) is 0 Å². The highest BCUT2D eigenvalue weighted by Gasteiger charge is 2.25. The molecule has 0 atom stereocenters. The van der Waals surface area contributed by atoms with Gasteiger partial charge in [0.25, 0.3) is 0 Å². The number of aromatic amines is 2. The third kappa shape index (κ3) is 4.13. The number of hydrogen-bond donors (Lipinski definition) is 3. The Kier molecular flexibility index (Phi) is 5.21. The number of rotatable bonds is 6. The van der Waals surface area contributed by atoms with Crippen LogP contribution >= 0.6 is 0 Å². The van der Waals surface area contributed by atoms with E-state index in [1.165, 1.54) is 12.8 Å². The molecular weight excluding hydrogens is 460 g/mol. The monoisotopic (exact) mass is 490 g/mol. The summed E-state index contributed by atoms with van der Waals surface area (Å²) in [4.78, 5) is 17.6. The molecule has 1 aromatic carbocycles. The fourth-order valence-electron chi connectivity index (χ4n) is 5.22. The van der Waals surface area contributed by atoms with Crippen LogP contribution in [-0.2, 0) is 0 Å². The average molecular weight is 491 g/mol. The van der Waals surface area contributed by atoms with Crippen molar-refractivity contribution in [2.24, 2.45) is 5.92 Å². The second-order valence-electron chi connectivity index (χ2n) is 10.3. The highest BCUT2D eigenvalue weighted by molar-refractivity contribution is 6.00. The van der Waals surface area contributed by atoms with Gasteiger partial charge in [-0.2, -0.15) is 5.10 Å². The summed E-state index contributed by atoms with van der Waals surface area (Å²) >= 11 is 0. The summed E-state index contributed by atoms with van der Waals surface area (Å²) < 4.78 is 0. The molecule has 1 saturated carbocycles. The maximum Gasteiger partial charge on any atom is 0.138 e. The second kappa shape index (κ2) is 8.74. The zero-order valence-electron chi connectivity index (χ0n) is 21.0. The number of aromatic nitrogens is 5. The first-order valence-corrected chi connectivity index (χ1v) is 12.9. The number of benzene rings is 1. The molecular formula is C29H30N8. The lowest BCUT2D eigenvalue weighted by Crippen LogP contribution is -2.44. The first kappa shape index (κ1) is 22.1. The van der Waals surface area contributed by atoms with Gasteiger partial charge in [-0.05, 0) is 61.7 Å². The maximum atomic E-state index is 4.75. The number of hydrogen-bond acceptors (Lipinski definition) is 6. The van der Waals surface area contributed by atoms with E-state index >= 15 is 0 Å². The van der Waals surface area contributed by atoms with E-state index in [-0.39, 0.29) is 0 Å². The van der Waals surface area contributed by atoms with E-state index in [1.54, 1.807) is 0 Å². The molecule has 0 amide bonds. The Morgan fingerprint density at radius 3 is 2.68 bits per heavy atom. The van der Waals surface area contributed by atoms with Crippen LogP contribution in [0.5, 0.6) is 0 Å². The number of piperazine rings is 1. The van der Waals surface area contributed by atoms with Crippen LogP contribution in [0.4, 0.5) is 11.5 Å². The molecule has 0 spiro atoms. The predicted molar refractivity (Wildman–Crippen MR) is 150 cm³/mol. The van der Waals surface area contributed by atoms with E-state index in [0.29, 0.717) is 5.92 Å². The summed E-state index contributed by atoms with van der Waals surface area (Å²) in [5.74, 6) is 1.63. The van der Waals surface area contributed by atoms with Gasteiger partial charge in [-0.15, -0.1) is 0 Å². The zero-order valence-corrected chi connectivity index (χ0v) is 21.0. The van der Waals surface area contributed by atoms with Crippen LogP contribution in [-0.4, -0.2) is 63.3 Å². The van der Waals surface area contributed by atoms with E-state index in [0.717, 1.165) is 87.7 Å². The molecule has 7 rings (SSSR count). The standard InChI is InChI=1S/C29H30N8/c1-18(19-3-4-19)32-22-13-21(16-30-17-22)20-5-6-26-23(14-20)28(35-34-26)27-15-24-25(33-27)7-8-31-29(24)37-11-9-36(2)10-12-37/h5-8,13-17,19,32-33H,1,3-4,9-12H2,2H3,(H,34,35). The first-order valence-electron chi connectivity index (χ1n) is 12.9. The van der Waals surface area contributed by atoms with Gasteiger partial charge in [0.1, 0.15) is 11.5 Å². The molecule has 0 radical (unpaired) electrons. The minimum absolute atomic E-state index is 0.594. The number of pyridine rings is 2. The third-order valence-electron chi connectivity index (χ3n) is 7.59. The summed E-state index contributed by atoms with van der Waals surface area (Å²) in [5, 5.41) is 13.5. The van der Waals surface area contributed by atoms with E-state index < -0.39 is 0 Å². The molecule has 8 heteroatoms. The Hall–Kier alpha value is -4.17. The Labute approximate surface area is 215 Å². The molecule has 4 aromatic heterocycles. The highest BCUT2D eigenvalue weighted by atomic mass is 15.3. The van der Waals surface area contributed by atoms with Crippen molar-refractivity contribution in [2.75, 3.05) is 43.4 Å². The van der Waals surface area contributed by atoms with Crippen molar-refractivity contribution in [2.45, 2.75) is 12.8 Å². The van der Waals surface area contributed by atoms with Crippen molar-refractivity contribution in [3.63, 3.8) is 0 Å². The van der Waals surface area contributed by atoms with Gasteiger partial charge >= 0.3 is 0 Å². The summed E-state index contributed by atoms with van der Waals surface area (Å²) in [7, 11) is 2.17. The predicted octanol–water partition coefficient (Wildman–Crippen LogP) is 5.26. The quantitative estimate of drug-likeness (QED) is 0.301. The lowest BCUT2D eigenvalue weighted by atomic mass is 10.0. The average Bonchev–Trinajstić information content (AvgIpc) is 3.55. The molecule has 186 valence electrons. The molecule has 2 fully saturated rings. The van der Waals surface area contributed by atoms with E-state index in [4.69, 9.17) is 10.1 Å². The number of allylic oxidation sites excluding steroid dienone is 1. The Balaban J connectivity index is 1.24. The topological polar surface area (TPSA) is 88.8 Å². The maximum absolute atomic E-state index is 4.75. The van der Waals surface area contributed by atoms with Gasteiger partial charge in [0.05, 0.1) is 28.6 Å². The Bertz CT molecular complexity index is 1620. The number of likely N-dealkylation sites (N-methyl/N-ethyl adjacent to an activating group) is 1. The summed E-state index contributed by atoms with van der Waals surface area (Å²) in [6, 6.07) is 12.8. The minimum Gasteiger partial charge on any atom is -0.358 e. The van der Waals surface area contributed by atoms with E-state index in [2.05, 4.69) is 74.1 Å². The fraction of sp³-hybridized carbons (Fsp3) is 0.276. The summed E-state index contributed by atoms with van der Waals surface area (Å²) in [6.07, 6.45) is 8.10. The SMILES string of the molecule is C=C(Nc1cncc(-c2ccc3[nH]nc(-c4cc5c(N6CCN(C)CC6)nccc5[nH]4)c3c2)c1)C1CC1. The van der Waals surface area contributed by atoms with Gasteiger partial charge in [-0.3, -0.25) is 10.1 Å². The molecule has 5 heterocycles. The molecule has 1 saturated heterocycles. The number of anilines is 2. The van der Waals surface area contributed by atoms with Crippen molar-refractivity contribution in [1.82, 2.24) is 30.0 Å². The molecule has 2 aliphatic rings. The normalized spacial score (nSPS) is 16.5. The second-order valence-corrected chi connectivity index (χ2v) is 10.3. The van der Waals surface area contributed by atoms with Crippen LogP contribution in [0.3, 0.4) is 0 Å². The van der Waals surface area contributed by atoms with Gasteiger partial charge in [-0.1, -0.05) is 12.6 Å². The van der Waals surface area contributed by atoms with Crippen molar-refractivity contribution in [3.05, 3.63) is 67.3 Å². The Morgan fingerprint density at radius 1 is 0.973 bits per heavy atom. The van der Waals surface area contributed by atoms with Crippen LogP contribution in [0.25, 0.3) is 44.3 Å².